The van der Waals surface area contributed by atoms with E-state index in [0.717, 1.165) is 0 Å². The zero-order valence-electron chi connectivity index (χ0n) is 15.6. The predicted molar refractivity (Wildman–Crippen MR) is 101 cm³/mol. The Bertz CT molecular complexity index is 1070. The number of anilines is 1. The lowest BCUT2D eigenvalue weighted by Crippen LogP contribution is -2.09. The predicted octanol–water partition coefficient (Wildman–Crippen LogP) is 3.27. The third kappa shape index (κ3) is 7.00. The molecule has 0 bridgehead atoms. The van der Waals surface area contributed by atoms with E-state index in [1.807, 2.05) is 0 Å². The van der Waals surface area contributed by atoms with Gasteiger partial charge in [0.1, 0.15) is 17.4 Å². The molecule has 2 aromatic carbocycles. The molecule has 0 aliphatic heterocycles. The molecule has 0 atom stereocenters. The molecule has 3 rings (SSSR count). The van der Waals surface area contributed by atoms with E-state index in [0.29, 0.717) is 23.0 Å². The molecular formula is C20H18F2N2O5. The van der Waals surface area contributed by atoms with Crippen molar-refractivity contribution in [3.63, 3.8) is 0 Å². The molecule has 0 aliphatic carbocycles. The summed E-state index contributed by atoms with van der Waals surface area (Å²) in [5, 5.41) is 12.5. The normalized spacial score (nSPS) is 9.38. The van der Waals surface area contributed by atoms with Gasteiger partial charge < -0.3 is 15.4 Å². The van der Waals surface area contributed by atoms with Crippen LogP contribution in [0.4, 0.5) is 14.5 Å². The molecule has 7 nitrogen and oxygen atoms in total. The van der Waals surface area contributed by atoms with Crippen LogP contribution in [0.1, 0.15) is 18.9 Å². The molecule has 3 aromatic rings. The number of pyridine rings is 1. The van der Waals surface area contributed by atoms with Crippen molar-refractivity contribution in [2.75, 3.05) is 5.32 Å². The lowest BCUT2D eigenvalue weighted by Gasteiger charge is -2.03. The first kappa shape index (κ1) is 23.2. The zero-order chi connectivity index (χ0) is 22.0. The van der Waals surface area contributed by atoms with Gasteiger partial charge in [-0.1, -0.05) is 6.92 Å². The summed E-state index contributed by atoms with van der Waals surface area (Å²) in [6, 6.07) is 9.52. The fraction of sp³-hybridized carbons (Fsp3) is 0.150. The van der Waals surface area contributed by atoms with Crippen molar-refractivity contribution in [2.45, 2.75) is 20.3 Å². The van der Waals surface area contributed by atoms with E-state index in [9.17, 15) is 23.5 Å². The molecule has 9 heteroatoms. The van der Waals surface area contributed by atoms with E-state index in [4.69, 9.17) is 9.59 Å². The van der Waals surface area contributed by atoms with E-state index in [-0.39, 0.29) is 34.7 Å². The highest BCUT2D eigenvalue weighted by Crippen LogP contribution is 2.24. The second kappa shape index (κ2) is 11.1. The maximum atomic E-state index is 12.8. The third-order valence-corrected chi connectivity index (χ3v) is 3.63. The Labute approximate surface area is 164 Å². The molecule has 0 aliphatic rings. The van der Waals surface area contributed by atoms with Crippen molar-refractivity contribution in [2.24, 2.45) is 0 Å². The summed E-state index contributed by atoms with van der Waals surface area (Å²) in [5.74, 6) is -0.978. The van der Waals surface area contributed by atoms with Gasteiger partial charge in [-0.05, 0) is 49.4 Å². The fourth-order valence-corrected chi connectivity index (χ4v) is 2.13. The Morgan fingerprint density at radius 1 is 1.10 bits per heavy atom. The Morgan fingerprint density at radius 3 is 2.21 bits per heavy atom. The number of aromatic amines is 1. The first-order chi connectivity index (χ1) is 13.7. The summed E-state index contributed by atoms with van der Waals surface area (Å²) in [4.78, 5) is 40.9. The minimum absolute atomic E-state index is 0.0680. The summed E-state index contributed by atoms with van der Waals surface area (Å²) in [6.45, 7) is 3.25. The Balaban J connectivity index is 0.000000259. The third-order valence-electron chi connectivity index (χ3n) is 3.63. The summed E-state index contributed by atoms with van der Waals surface area (Å²) in [5.41, 5.74) is 0.896. The quantitative estimate of drug-likeness (QED) is 0.606. The number of nitrogens with one attached hydrogen (secondary N) is 2. The molecule has 0 unspecified atom stereocenters. The highest BCUT2D eigenvalue weighted by molar-refractivity contribution is 5.90. The molecule has 152 valence electrons. The van der Waals surface area contributed by atoms with Gasteiger partial charge in [0.25, 0.3) is 5.56 Å². The fourth-order valence-electron chi connectivity index (χ4n) is 2.13. The highest BCUT2D eigenvalue weighted by atomic mass is 19.1. The van der Waals surface area contributed by atoms with Crippen molar-refractivity contribution >= 4 is 28.6 Å². The van der Waals surface area contributed by atoms with Crippen LogP contribution in [0.2, 0.25) is 0 Å². The zero-order valence-corrected chi connectivity index (χ0v) is 15.6. The lowest BCUT2D eigenvalue weighted by molar-refractivity contribution is -0.191. The molecule has 0 spiro atoms. The lowest BCUT2D eigenvalue weighted by atomic mass is 10.1. The largest absolute Gasteiger partial charge is 0.507 e. The first-order valence-electron chi connectivity index (χ1n) is 8.29. The van der Waals surface area contributed by atoms with Crippen LogP contribution in [0.15, 0.2) is 47.3 Å². The minimum Gasteiger partial charge on any atom is -0.507 e. The van der Waals surface area contributed by atoms with Crippen LogP contribution in [-0.4, -0.2) is 22.1 Å². The van der Waals surface area contributed by atoms with Crippen LogP contribution >= 0.6 is 0 Å². The number of aromatic nitrogens is 1. The number of H-pyrrole nitrogens is 1. The number of rotatable bonds is 2. The second-order valence-electron chi connectivity index (χ2n) is 5.61. The molecule has 0 fully saturated rings. The Morgan fingerprint density at radius 2 is 1.66 bits per heavy atom. The van der Waals surface area contributed by atoms with Crippen LogP contribution < -0.4 is 10.9 Å². The van der Waals surface area contributed by atoms with E-state index < -0.39 is 5.82 Å². The number of aromatic hydroxyl groups is 1. The summed E-state index contributed by atoms with van der Waals surface area (Å²) < 4.78 is 25.2. The van der Waals surface area contributed by atoms with Gasteiger partial charge in [0.05, 0.1) is 11.1 Å². The topological polar surface area (TPSA) is 116 Å². The highest BCUT2D eigenvalue weighted by Gasteiger charge is 2.07. The van der Waals surface area contributed by atoms with Crippen LogP contribution in [0, 0.1) is 18.6 Å². The van der Waals surface area contributed by atoms with Crippen LogP contribution in [-0.2, 0) is 14.4 Å². The molecule has 1 heterocycles. The van der Waals surface area contributed by atoms with E-state index in [1.165, 1.54) is 49.4 Å². The number of hydrogen-bond acceptors (Lipinski definition) is 5. The molecule has 3 N–H and O–H groups in total. The van der Waals surface area contributed by atoms with E-state index >= 15 is 0 Å². The molecule has 1 aromatic heterocycles. The minimum atomic E-state index is -0.445. The van der Waals surface area contributed by atoms with Crippen molar-refractivity contribution in [3.8, 4) is 5.75 Å². The monoisotopic (exact) mass is 404 g/mol. The standard InChI is InChI=1S/C10H8FNO2.C9H10FNO.CO2/c1-5-9(13)7-4-6(11)2-3-8(7)12-10(5)14;1-2-9(12)11-8-5-3-7(10)4-6-8;2-1-3/h2-4H,1H3,(H2,12,13,14);3-6H,2H2,1H3,(H,11,12);. The molecule has 0 saturated carbocycles. The molecule has 0 saturated heterocycles. The smallest absolute Gasteiger partial charge is 0.373 e. The number of fused-ring (bicyclic) bond motifs is 1. The maximum Gasteiger partial charge on any atom is 0.373 e. The number of amides is 1. The number of carbonyl (C=O) groups excluding carboxylic acids is 3. The van der Waals surface area contributed by atoms with Crippen molar-refractivity contribution in [1.82, 2.24) is 4.98 Å². The molecule has 1 amide bonds. The van der Waals surface area contributed by atoms with Crippen LogP contribution in [0.3, 0.4) is 0 Å². The van der Waals surface area contributed by atoms with Gasteiger partial charge in [0.2, 0.25) is 5.91 Å². The van der Waals surface area contributed by atoms with Gasteiger partial charge in [0, 0.05) is 17.5 Å². The summed E-state index contributed by atoms with van der Waals surface area (Å²) in [6.07, 6.45) is 0.678. The summed E-state index contributed by atoms with van der Waals surface area (Å²) in [7, 11) is 0. The van der Waals surface area contributed by atoms with Gasteiger partial charge in [-0.25, -0.2) is 8.78 Å². The number of hydrogen-bond donors (Lipinski definition) is 3. The van der Waals surface area contributed by atoms with Gasteiger partial charge in [-0.2, -0.15) is 9.59 Å². The molecule has 0 radical (unpaired) electrons. The Kier molecular flexibility index (Phi) is 8.88. The maximum absolute atomic E-state index is 12.8. The van der Waals surface area contributed by atoms with Gasteiger partial charge in [0.15, 0.2) is 0 Å². The molecular weight excluding hydrogens is 386 g/mol. The van der Waals surface area contributed by atoms with Gasteiger partial charge >= 0.3 is 6.15 Å². The molecule has 29 heavy (non-hydrogen) atoms. The van der Waals surface area contributed by atoms with Gasteiger partial charge in [-0.15, -0.1) is 0 Å². The Hall–Kier alpha value is -3.84. The number of benzene rings is 2. The van der Waals surface area contributed by atoms with Crippen LogP contribution in [0.25, 0.3) is 10.9 Å². The van der Waals surface area contributed by atoms with Crippen molar-refractivity contribution in [3.05, 3.63) is 70.0 Å². The average Bonchev–Trinajstić information content (AvgIpc) is 2.70. The first-order valence-corrected chi connectivity index (χ1v) is 8.29. The SMILES string of the molecule is CCC(=O)Nc1ccc(F)cc1.Cc1c(O)c2cc(F)ccc2[nH]c1=O.O=C=O. The second-order valence-corrected chi connectivity index (χ2v) is 5.61. The number of halogens is 2. The van der Waals surface area contributed by atoms with E-state index in [1.54, 1.807) is 6.92 Å². The number of carbonyl (C=O) groups is 1. The van der Waals surface area contributed by atoms with Crippen molar-refractivity contribution in [1.29, 1.82) is 0 Å². The average molecular weight is 404 g/mol. The van der Waals surface area contributed by atoms with Gasteiger partial charge in [-0.3, -0.25) is 9.59 Å². The van der Waals surface area contributed by atoms with Crippen LogP contribution in [0.5, 0.6) is 5.75 Å². The summed E-state index contributed by atoms with van der Waals surface area (Å²) >= 11 is 0. The van der Waals surface area contributed by atoms with E-state index in [2.05, 4.69) is 10.3 Å². The van der Waals surface area contributed by atoms with Crippen molar-refractivity contribution < 1.29 is 28.3 Å².